The van der Waals surface area contributed by atoms with E-state index in [1.165, 1.54) is 12.1 Å². The van der Waals surface area contributed by atoms with Gasteiger partial charge < -0.3 is 5.32 Å². The van der Waals surface area contributed by atoms with Gasteiger partial charge in [0.1, 0.15) is 16.9 Å². The van der Waals surface area contributed by atoms with E-state index in [1.54, 1.807) is 12.1 Å². The van der Waals surface area contributed by atoms with Gasteiger partial charge >= 0.3 is 0 Å². The normalized spacial score (nSPS) is 10.9. The molecule has 3 nitrogen and oxygen atoms in total. The lowest BCUT2D eigenvalue weighted by Crippen LogP contribution is -2.02. The number of fused-ring (bicyclic) bond motifs is 1. The highest BCUT2D eigenvalue weighted by molar-refractivity contribution is 7.00. The average molecular weight is 308 g/mol. The van der Waals surface area contributed by atoms with Crippen LogP contribution in [0.3, 0.4) is 0 Å². The van der Waals surface area contributed by atoms with Crippen LogP contribution < -0.4 is 5.32 Å². The monoisotopic (exact) mass is 307 g/mol. The second-order valence-corrected chi connectivity index (χ2v) is 5.41. The number of anilines is 1. The summed E-state index contributed by atoms with van der Waals surface area (Å²) in [6.45, 7) is 2.44. The number of nitrogens with zero attached hydrogens (tertiary/aromatic N) is 2. The van der Waals surface area contributed by atoms with Gasteiger partial charge in [-0.2, -0.15) is 8.75 Å². The summed E-state index contributed by atoms with van der Waals surface area (Å²) in [6, 6.07) is 8.38. The van der Waals surface area contributed by atoms with Gasteiger partial charge in [-0.15, -0.1) is 0 Å². The van der Waals surface area contributed by atoms with Gasteiger partial charge in [-0.1, -0.05) is 17.7 Å². The zero-order valence-corrected chi connectivity index (χ0v) is 12.2. The van der Waals surface area contributed by atoms with Crippen molar-refractivity contribution in [1.82, 2.24) is 8.75 Å². The van der Waals surface area contributed by atoms with Crippen LogP contribution in [0.25, 0.3) is 11.0 Å². The maximum Gasteiger partial charge on any atom is 0.129 e. The number of nitrogens with one attached hydrogen (secondary N) is 1. The Kier molecular flexibility index (Phi) is 3.54. The van der Waals surface area contributed by atoms with Gasteiger partial charge in [0.2, 0.25) is 0 Å². The second-order valence-electron chi connectivity index (χ2n) is 4.48. The zero-order valence-electron chi connectivity index (χ0n) is 10.7. The van der Waals surface area contributed by atoms with Crippen LogP contribution in [0, 0.1) is 12.7 Å². The molecule has 0 aliphatic heterocycles. The summed E-state index contributed by atoms with van der Waals surface area (Å²) in [5.41, 5.74) is 4.27. The summed E-state index contributed by atoms with van der Waals surface area (Å²) in [7, 11) is 0. The smallest absolute Gasteiger partial charge is 0.129 e. The first-order chi connectivity index (χ1) is 9.65. The highest BCUT2D eigenvalue weighted by atomic mass is 35.5. The lowest BCUT2D eigenvalue weighted by atomic mass is 10.1. The van der Waals surface area contributed by atoms with Gasteiger partial charge in [0.15, 0.2) is 0 Å². The van der Waals surface area contributed by atoms with E-state index in [2.05, 4.69) is 14.1 Å². The Morgan fingerprint density at radius 1 is 1.25 bits per heavy atom. The van der Waals surface area contributed by atoms with Gasteiger partial charge in [-0.3, -0.25) is 0 Å². The topological polar surface area (TPSA) is 37.8 Å². The lowest BCUT2D eigenvalue weighted by molar-refractivity contribution is 0.625. The SMILES string of the molecule is Cc1cc(F)ccc1CNc1c(Cl)ccc2nsnc12. The molecule has 0 saturated heterocycles. The van der Waals surface area contributed by atoms with Crippen LogP contribution in [-0.2, 0) is 6.54 Å². The largest absolute Gasteiger partial charge is 0.378 e. The van der Waals surface area contributed by atoms with Gasteiger partial charge in [-0.05, 0) is 42.3 Å². The molecule has 2 aromatic carbocycles. The number of hydrogen-bond acceptors (Lipinski definition) is 4. The van der Waals surface area contributed by atoms with Gasteiger partial charge in [0.05, 0.1) is 22.4 Å². The molecule has 3 aromatic rings. The van der Waals surface area contributed by atoms with Crippen molar-refractivity contribution in [2.45, 2.75) is 13.5 Å². The highest BCUT2D eigenvalue weighted by Gasteiger charge is 2.10. The van der Waals surface area contributed by atoms with Crippen molar-refractivity contribution >= 4 is 40.0 Å². The first kappa shape index (κ1) is 13.3. The first-order valence-corrected chi connectivity index (χ1v) is 7.15. The van der Waals surface area contributed by atoms with Crippen LogP contribution in [0.1, 0.15) is 11.1 Å². The molecule has 0 fully saturated rings. The molecule has 0 amide bonds. The lowest BCUT2D eigenvalue weighted by Gasteiger charge is -2.11. The minimum Gasteiger partial charge on any atom is -0.378 e. The van der Waals surface area contributed by atoms with Crippen molar-refractivity contribution < 1.29 is 4.39 Å². The summed E-state index contributed by atoms with van der Waals surface area (Å²) < 4.78 is 21.5. The summed E-state index contributed by atoms with van der Waals surface area (Å²) in [5, 5.41) is 3.87. The number of rotatable bonds is 3. The van der Waals surface area contributed by atoms with Crippen LogP contribution >= 0.6 is 23.3 Å². The Morgan fingerprint density at radius 2 is 2.10 bits per heavy atom. The van der Waals surface area contributed by atoms with E-state index < -0.39 is 0 Å². The maximum absolute atomic E-state index is 13.1. The van der Waals surface area contributed by atoms with Gasteiger partial charge in [0.25, 0.3) is 0 Å². The fourth-order valence-electron chi connectivity index (χ4n) is 2.04. The minimum atomic E-state index is -0.227. The predicted molar refractivity (Wildman–Crippen MR) is 80.9 cm³/mol. The zero-order chi connectivity index (χ0) is 14.1. The number of hydrogen-bond donors (Lipinski definition) is 1. The molecule has 0 aliphatic rings. The molecular formula is C14H11ClFN3S. The molecular weight excluding hydrogens is 297 g/mol. The Morgan fingerprint density at radius 3 is 2.90 bits per heavy atom. The molecule has 0 saturated carbocycles. The standard InChI is InChI=1S/C14H11ClFN3S/c1-8-6-10(16)3-2-9(8)7-17-13-11(15)4-5-12-14(13)19-20-18-12/h2-6,17H,7H2,1H3. The van der Waals surface area contributed by atoms with Crippen molar-refractivity contribution in [3.05, 3.63) is 52.3 Å². The third kappa shape index (κ3) is 2.46. The molecule has 0 aliphatic carbocycles. The first-order valence-electron chi connectivity index (χ1n) is 6.05. The molecule has 0 spiro atoms. The molecule has 1 N–H and O–H groups in total. The number of benzene rings is 2. The Balaban J connectivity index is 1.90. The van der Waals surface area contributed by atoms with Crippen molar-refractivity contribution in [2.24, 2.45) is 0 Å². The second kappa shape index (κ2) is 5.34. The van der Waals surface area contributed by atoms with Gasteiger partial charge in [-0.25, -0.2) is 4.39 Å². The third-order valence-electron chi connectivity index (χ3n) is 3.14. The molecule has 20 heavy (non-hydrogen) atoms. The number of halogens is 2. The van der Waals surface area contributed by atoms with Crippen LogP contribution in [0.5, 0.6) is 0 Å². The Labute approximate surface area is 124 Å². The molecule has 0 atom stereocenters. The summed E-state index contributed by atoms with van der Waals surface area (Å²) in [4.78, 5) is 0. The Hall–Kier alpha value is -1.72. The minimum absolute atomic E-state index is 0.227. The predicted octanol–water partition coefficient (Wildman–Crippen LogP) is 4.40. The molecule has 1 heterocycles. The molecule has 1 aromatic heterocycles. The molecule has 0 unspecified atom stereocenters. The fourth-order valence-corrected chi connectivity index (χ4v) is 2.80. The van der Waals surface area contributed by atoms with Crippen LogP contribution in [0.4, 0.5) is 10.1 Å². The third-order valence-corrected chi connectivity index (χ3v) is 3.99. The van der Waals surface area contributed by atoms with E-state index in [4.69, 9.17) is 11.6 Å². The van der Waals surface area contributed by atoms with Crippen LogP contribution in [0.2, 0.25) is 5.02 Å². The molecule has 0 bridgehead atoms. The van der Waals surface area contributed by atoms with Crippen molar-refractivity contribution in [3.8, 4) is 0 Å². The molecule has 102 valence electrons. The van der Waals surface area contributed by atoms with E-state index in [0.717, 1.165) is 39.6 Å². The average Bonchev–Trinajstić information content (AvgIpc) is 2.88. The van der Waals surface area contributed by atoms with Crippen LogP contribution in [0.15, 0.2) is 30.3 Å². The molecule has 6 heteroatoms. The number of aromatic nitrogens is 2. The van der Waals surface area contributed by atoms with Crippen molar-refractivity contribution in [3.63, 3.8) is 0 Å². The van der Waals surface area contributed by atoms with E-state index >= 15 is 0 Å². The summed E-state index contributed by atoms with van der Waals surface area (Å²) in [5.74, 6) is -0.227. The van der Waals surface area contributed by atoms with E-state index in [0.29, 0.717) is 11.6 Å². The molecule has 3 rings (SSSR count). The molecule has 0 radical (unpaired) electrons. The van der Waals surface area contributed by atoms with E-state index in [9.17, 15) is 4.39 Å². The fraction of sp³-hybridized carbons (Fsp3) is 0.143. The maximum atomic E-state index is 13.1. The van der Waals surface area contributed by atoms with Crippen molar-refractivity contribution in [2.75, 3.05) is 5.32 Å². The van der Waals surface area contributed by atoms with Gasteiger partial charge in [0, 0.05) is 6.54 Å². The van der Waals surface area contributed by atoms with E-state index in [1.807, 2.05) is 13.0 Å². The quantitative estimate of drug-likeness (QED) is 0.779. The van der Waals surface area contributed by atoms with E-state index in [-0.39, 0.29) is 5.82 Å². The van der Waals surface area contributed by atoms with Crippen LogP contribution in [-0.4, -0.2) is 8.75 Å². The number of aryl methyl sites for hydroxylation is 1. The highest BCUT2D eigenvalue weighted by Crippen LogP contribution is 2.30. The summed E-state index contributed by atoms with van der Waals surface area (Å²) in [6.07, 6.45) is 0. The Bertz CT molecular complexity index is 772. The van der Waals surface area contributed by atoms with Crippen molar-refractivity contribution in [1.29, 1.82) is 0 Å². The summed E-state index contributed by atoms with van der Waals surface area (Å²) >= 11 is 7.36.